The van der Waals surface area contributed by atoms with E-state index in [0.29, 0.717) is 12.6 Å². The van der Waals surface area contributed by atoms with E-state index in [1.54, 1.807) is 0 Å². The number of likely N-dealkylation sites (N-methyl/N-ethyl adjacent to an activating group) is 1. The van der Waals surface area contributed by atoms with E-state index >= 15 is 0 Å². The van der Waals surface area contributed by atoms with Crippen molar-refractivity contribution in [1.82, 2.24) is 4.90 Å². The number of benzene rings is 1. The SMILES string of the molecule is CCN(C)C(CN)c1ccc(C)c(C)c1. The van der Waals surface area contributed by atoms with Crippen LogP contribution in [0.1, 0.15) is 29.7 Å². The van der Waals surface area contributed by atoms with Gasteiger partial charge in [0.25, 0.3) is 0 Å². The van der Waals surface area contributed by atoms with Crippen molar-refractivity contribution < 1.29 is 0 Å². The summed E-state index contributed by atoms with van der Waals surface area (Å²) in [5.74, 6) is 0. The fourth-order valence-electron chi connectivity index (χ4n) is 1.76. The van der Waals surface area contributed by atoms with Crippen LogP contribution in [-0.4, -0.2) is 25.0 Å². The molecule has 1 atom stereocenters. The van der Waals surface area contributed by atoms with Crippen LogP contribution in [0.25, 0.3) is 0 Å². The molecule has 2 N–H and O–H groups in total. The van der Waals surface area contributed by atoms with Crippen molar-refractivity contribution in [3.63, 3.8) is 0 Å². The van der Waals surface area contributed by atoms with Gasteiger partial charge in [-0.1, -0.05) is 25.1 Å². The summed E-state index contributed by atoms with van der Waals surface area (Å²) in [6.45, 7) is 8.14. The van der Waals surface area contributed by atoms with Crippen LogP contribution in [0.3, 0.4) is 0 Å². The van der Waals surface area contributed by atoms with Crippen molar-refractivity contribution in [3.8, 4) is 0 Å². The van der Waals surface area contributed by atoms with Crippen molar-refractivity contribution in [2.75, 3.05) is 20.1 Å². The van der Waals surface area contributed by atoms with E-state index in [-0.39, 0.29) is 0 Å². The molecule has 0 saturated carbocycles. The number of hydrogen-bond donors (Lipinski definition) is 1. The third-order valence-corrected chi connectivity index (χ3v) is 3.17. The van der Waals surface area contributed by atoms with Gasteiger partial charge in [0.05, 0.1) is 0 Å². The molecule has 1 rings (SSSR count). The van der Waals surface area contributed by atoms with Crippen LogP contribution in [0.5, 0.6) is 0 Å². The Morgan fingerprint density at radius 2 is 1.93 bits per heavy atom. The molecule has 1 aromatic carbocycles. The highest BCUT2D eigenvalue weighted by Gasteiger charge is 2.13. The van der Waals surface area contributed by atoms with Crippen LogP contribution >= 0.6 is 0 Å². The second kappa shape index (κ2) is 5.29. The second-order valence-corrected chi connectivity index (χ2v) is 4.17. The zero-order valence-corrected chi connectivity index (χ0v) is 10.2. The van der Waals surface area contributed by atoms with Crippen molar-refractivity contribution >= 4 is 0 Å². The minimum absolute atomic E-state index is 0.342. The Morgan fingerprint density at radius 3 is 2.40 bits per heavy atom. The quantitative estimate of drug-likeness (QED) is 0.818. The summed E-state index contributed by atoms with van der Waals surface area (Å²) < 4.78 is 0. The molecular formula is C13H22N2. The molecule has 0 aromatic heterocycles. The Morgan fingerprint density at radius 1 is 1.27 bits per heavy atom. The molecular weight excluding hydrogens is 184 g/mol. The summed E-state index contributed by atoms with van der Waals surface area (Å²) in [7, 11) is 2.12. The summed E-state index contributed by atoms with van der Waals surface area (Å²) in [5.41, 5.74) is 9.84. The fraction of sp³-hybridized carbons (Fsp3) is 0.538. The Labute approximate surface area is 93.1 Å². The predicted octanol–water partition coefficient (Wildman–Crippen LogP) is 2.25. The number of nitrogens with two attached hydrogens (primary N) is 1. The molecule has 2 heteroatoms. The molecule has 0 radical (unpaired) electrons. The van der Waals surface area contributed by atoms with Crippen LogP contribution in [0.15, 0.2) is 18.2 Å². The minimum Gasteiger partial charge on any atom is -0.329 e. The standard InChI is InChI=1S/C13H22N2/c1-5-15(4)13(9-14)12-7-6-10(2)11(3)8-12/h6-8,13H,5,9,14H2,1-4H3. The molecule has 0 aliphatic rings. The zero-order chi connectivity index (χ0) is 11.4. The van der Waals surface area contributed by atoms with Crippen LogP contribution < -0.4 is 5.73 Å². The molecule has 0 aliphatic heterocycles. The number of hydrogen-bond acceptors (Lipinski definition) is 2. The van der Waals surface area contributed by atoms with E-state index in [9.17, 15) is 0 Å². The Hall–Kier alpha value is -0.860. The summed E-state index contributed by atoms with van der Waals surface area (Å²) in [6.07, 6.45) is 0. The lowest BCUT2D eigenvalue weighted by Crippen LogP contribution is -2.30. The largest absolute Gasteiger partial charge is 0.329 e. The molecule has 84 valence electrons. The first-order chi connectivity index (χ1) is 7.10. The first kappa shape index (κ1) is 12.2. The maximum atomic E-state index is 5.83. The maximum Gasteiger partial charge on any atom is 0.0467 e. The summed E-state index contributed by atoms with van der Waals surface area (Å²) in [6, 6.07) is 6.95. The van der Waals surface area contributed by atoms with E-state index in [4.69, 9.17) is 5.73 Å². The average molecular weight is 206 g/mol. The van der Waals surface area contributed by atoms with Gasteiger partial charge in [0.1, 0.15) is 0 Å². The average Bonchev–Trinajstić information content (AvgIpc) is 2.24. The molecule has 0 amide bonds. The van der Waals surface area contributed by atoms with Crippen LogP contribution in [0, 0.1) is 13.8 Å². The van der Waals surface area contributed by atoms with Gasteiger partial charge in [-0.25, -0.2) is 0 Å². The minimum atomic E-state index is 0.342. The smallest absolute Gasteiger partial charge is 0.0467 e. The van der Waals surface area contributed by atoms with Gasteiger partial charge < -0.3 is 5.73 Å². The summed E-state index contributed by atoms with van der Waals surface area (Å²) in [5, 5.41) is 0. The van der Waals surface area contributed by atoms with E-state index in [0.717, 1.165) is 6.54 Å². The van der Waals surface area contributed by atoms with Gasteiger partial charge >= 0.3 is 0 Å². The number of rotatable bonds is 4. The third-order valence-electron chi connectivity index (χ3n) is 3.17. The number of nitrogens with zero attached hydrogens (tertiary/aromatic N) is 1. The van der Waals surface area contributed by atoms with Crippen molar-refractivity contribution in [1.29, 1.82) is 0 Å². The zero-order valence-electron chi connectivity index (χ0n) is 10.2. The second-order valence-electron chi connectivity index (χ2n) is 4.17. The molecule has 0 heterocycles. The Kier molecular flexibility index (Phi) is 4.30. The van der Waals surface area contributed by atoms with Crippen molar-refractivity contribution in [2.24, 2.45) is 5.73 Å². The van der Waals surface area contributed by atoms with Gasteiger partial charge in [-0.15, -0.1) is 0 Å². The van der Waals surface area contributed by atoms with Crippen molar-refractivity contribution in [3.05, 3.63) is 34.9 Å². The van der Waals surface area contributed by atoms with Gasteiger partial charge in [0, 0.05) is 12.6 Å². The molecule has 0 saturated heterocycles. The van der Waals surface area contributed by atoms with Gasteiger partial charge in [-0.05, 0) is 44.1 Å². The van der Waals surface area contributed by atoms with Gasteiger partial charge in [-0.2, -0.15) is 0 Å². The lowest BCUT2D eigenvalue weighted by atomic mass is 10.0. The van der Waals surface area contributed by atoms with Gasteiger partial charge in [0.15, 0.2) is 0 Å². The van der Waals surface area contributed by atoms with Crippen molar-refractivity contribution in [2.45, 2.75) is 26.8 Å². The lowest BCUT2D eigenvalue weighted by Gasteiger charge is -2.26. The predicted molar refractivity (Wildman–Crippen MR) is 66.0 cm³/mol. The molecule has 2 nitrogen and oxygen atoms in total. The maximum absolute atomic E-state index is 5.83. The third kappa shape index (κ3) is 2.80. The summed E-state index contributed by atoms with van der Waals surface area (Å²) >= 11 is 0. The molecule has 0 aliphatic carbocycles. The first-order valence-corrected chi connectivity index (χ1v) is 5.57. The highest BCUT2D eigenvalue weighted by molar-refractivity contribution is 5.31. The summed E-state index contributed by atoms with van der Waals surface area (Å²) in [4.78, 5) is 2.28. The molecule has 0 spiro atoms. The highest BCUT2D eigenvalue weighted by atomic mass is 15.1. The molecule has 1 unspecified atom stereocenters. The van der Waals surface area contributed by atoms with E-state index in [2.05, 4.69) is 50.9 Å². The Balaban J connectivity index is 2.97. The number of aryl methyl sites for hydroxylation is 2. The molecule has 0 bridgehead atoms. The molecule has 1 aromatic rings. The van der Waals surface area contributed by atoms with E-state index in [1.807, 2.05) is 0 Å². The first-order valence-electron chi connectivity index (χ1n) is 5.57. The Bertz CT molecular complexity index is 320. The molecule has 15 heavy (non-hydrogen) atoms. The fourth-order valence-corrected chi connectivity index (χ4v) is 1.76. The topological polar surface area (TPSA) is 29.3 Å². The van der Waals surface area contributed by atoms with Crippen LogP contribution in [0.4, 0.5) is 0 Å². The van der Waals surface area contributed by atoms with Gasteiger partial charge in [-0.3, -0.25) is 4.90 Å². The lowest BCUT2D eigenvalue weighted by molar-refractivity contribution is 0.263. The molecule has 0 fully saturated rings. The van der Waals surface area contributed by atoms with Crippen LogP contribution in [-0.2, 0) is 0 Å². The normalized spacial score (nSPS) is 13.2. The monoisotopic (exact) mass is 206 g/mol. The van der Waals surface area contributed by atoms with Crippen LogP contribution in [0.2, 0.25) is 0 Å². The van der Waals surface area contributed by atoms with E-state index < -0.39 is 0 Å². The highest BCUT2D eigenvalue weighted by Crippen LogP contribution is 2.20. The van der Waals surface area contributed by atoms with E-state index in [1.165, 1.54) is 16.7 Å². The van der Waals surface area contributed by atoms with Gasteiger partial charge in [0.2, 0.25) is 0 Å².